The third-order valence-electron chi connectivity index (χ3n) is 5.05. The predicted octanol–water partition coefficient (Wildman–Crippen LogP) is 6.42. The molecule has 0 unspecified atom stereocenters. The van der Waals surface area contributed by atoms with Gasteiger partial charge in [-0.3, -0.25) is 4.98 Å². The van der Waals surface area contributed by atoms with Gasteiger partial charge in [0.1, 0.15) is 11.6 Å². The number of aryl methyl sites for hydroxylation is 3. The van der Waals surface area contributed by atoms with Crippen molar-refractivity contribution in [2.45, 2.75) is 19.8 Å². The Kier molecular flexibility index (Phi) is 5.91. The number of rotatable bonds is 3. The largest absolute Gasteiger partial charge is 0.261 e. The number of fused-ring (bicyclic) bond motifs is 1. The van der Waals surface area contributed by atoms with E-state index in [0.29, 0.717) is 18.4 Å². The van der Waals surface area contributed by atoms with E-state index in [9.17, 15) is 22.0 Å². The van der Waals surface area contributed by atoms with Crippen LogP contribution < -0.4 is 0 Å². The highest BCUT2D eigenvalue weighted by Crippen LogP contribution is 2.24. The minimum Gasteiger partial charge on any atom is -0.261 e. The maximum absolute atomic E-state index is 14.5. The van der Waals surface area contributed by atoms with Gasteiger partial charge in [-0.05, 0) is 72.7 Å². The van der Waals surface area contributed by atoms with E-state index in [1.807, 2.05) is 19.1 Å². The molecule has 0 aliphatic rings. The van der Waals surface area contributed by atoms with Gasteiger partial charge in [-0.2, -0.15) is 0 Å². The van der Waals surface area contributed by atoms with Crippen LogP contribution in [-0.4, -0.2) is 4.98 Å². The molecule has 4 aromatic rings. The van der Waals surface area contributed by atoms with E-state index in [1.54, 1.807) is 6.20 Å². The molecule has 0 N–H and O–H groups in total. The smallest absolute Gasteiger partial charge is 0.195 e. The molecule has 160 valence electrons. The highest BCUT2D eigenvalue weighted by Gasteiger charge is 2.14. The Hall–Kier alpha value is -3.72. The van der Waals surface area contributed by atoms with E-state index in [1.165, 1.54) is 30.3 Å². The summed E-state index contributed by atoms with van der Waals surface area (Å²) in [6, 6.07) is 11.0. The lowest BCUT2D eigenvalue weighted by Crippen LogP contribution is -1.99. The van der Waals surface area contributed by atoms with Crippen LogP contribution in [0, 0.1) is 47.9 Å². The van der Waals surface area contributed by atoms with Gasteiger partial charge in [0.2, 0.25) is 0 Å². The zero-order chi connectivity index (χ0) is 22.8. The fourth-order valence-corrected chi connectivity index (χ4v) is 3.33. The molecule has 1 heterocycles. The van der Waals surface area contributed by atoms with E-state index >= 15 is 0 Å². The highest BCUT2D eigenvalue weighted by molar-refractivity contribution is 5.84. The zero-order valence-electron chi connectivity index (χ0n) is 16.9. The van der Waals surface area contributed by atoms with E-state index in [2.05, 4.69) is 16.8 Å². The number of nitrogens with zero attached hydrogens (tertiary/aromatic N) is 1. The molecule has 0 atom stereocenters. The van der Waals surface area contributed by atoms with Crippen molar-refractivity contribution in [3.8, 4) is 11.8 Å². The lowest BCUT2D eigenvalue weighted by molar-refractivity contribution is 0.453. The SMILES string of the molecule is Cc1ccc(CCc2cc(F)c(C#Cc3ccc4c(F)c(F)c(F)cc4c3)c(F)c2)nc1. The Morgan fingerprint density at radius 1 is 0.750 bits per heavy atom. The van der Waals surface area contributed by atoms with Crippen molar-refractivity contribution in [2.75, 3.05) is 0 Å². The molecule has 0 bridgehead atoms. The van der Waals surface area contributed by atoms with Gasteiger partial charge in [-0.1, -0.05) is 24.0 Å². The Bertz CT molecular complexity index is 1360. The molecule has 3 aromatic carbocycles. The third-order valence-corrected chi connectivity index (χ3v) is 5.05. The van der Waals surface area contributed by atoms with Gasteiger partial charge in [-0.15, -0.1) is 0 Å². The molecule has 6 heteroatoms. The minimum absolute atomic E-state index is 0.0919. The van der Waals surface area contributed by atoms with Crippen LogP contribution in [0.2, 0.25) is 0 Å². The number of hydrogen-bond acceptors (Lipinski definition) is 1. The molecule has 0 amide bonds. The Labute approximate surface area is 181 Å². The van der Waals surface area contributed by atoms with Crippen LogP contribution in [0.1, 0.15) is 27.9 Å². The second kappa shape index (κ2) is 8.80. The quantitative estimate of drug-likeness (QED) is 0.205. The van der Waals surface area contributed by atoms with Crippen LogP contribution >= 0.6 is 0 Å². The molecule has 0 saturated carbocycles. The number of halogens is 5. The molecule has 1 aromatic heterocycles. The molecule has 0 saturated heterocycles. The fourth-order valence-electron chi connectivity index (χ4n) is 3.33. The summed E-state index contributed by atoms with van der Waals surface area (Å²) >= 11 is 0. The lowest BCUT2D eigenvalue weighted by Gasteiger charge is -2.05. The second-order valence-electron chi connectivity index (χ2n) is 7.43. The van der Waals surface area contributed by atoms with Crippen LogP contribution in [0.5, 0.6) is 0 Å². The lowest BCUT2D eigenvalue weighted by atomic mass is 10.0. The van der Waals surface area contributed by atoms with Crippen molar-refractivity contribution in [3.63, 3.8) is 0 Å². The van der Waals surface area contributed by atoms with Crippen molar-refractivity contribution >= 4 is 10.8 Å². The van der Waals surface area contributed by atoms with Gasteiger partial charge in [-0.25, -0.2) is 22.0 Å². The highest BCUT2D eigenvalue weighted by atomic mass is 19.2. The number of hydrogen-bond donors (Lipinski definition) is 0. The topological polar surface area (TPSA) is 12.9 Å². The molecule has 0 aliphatic carbocycles. The summed E-state index contributed by atoms with van der Waals surface area (Å²) in [5.74, 6) is -0.755. The van der Waals surface area contributed by atoms with Crippen LogP contribution in [-0.2, 0) is 12.8 Å². The maximum atomic E-state index is 14.5. The summed E-state index contributed by atoms with van der Waals surface area (Å²) in [4.78, 5) is 4.28. The molecule has 0 spiro atoms. The Balaban J connectivity index is 1.57. The number of aromatic nitrogens is 1. The van der Waals surface area contributed by atoms with Crippen LogP contribution in [0.4, 0.5) is 22.0 Å². The first kappa shape index (κ1) is 21.5. The normalized spacial score (nSPS) is 10.8. The summed E-state index contributed by atoms with van der Waals surface area (Å²) in [6.07, 6.45) is 2.69. The van der Waals surface area contributed by atoms with Gasteiger partial charge in [0, 0.05) is 22.8 Å². The first-order valence-electron chi connectivity index (χ1n) is 9.80. The molecule has 1 nitrogen and oxygen atoms in total. The average molecular weight is 437 g/mol. The molecule has 0 radical (unpaired) electrons. The van der Waals surface area contributed by atoms with Gasteiger partial charge in [0.25, 0.3) is 0 Å². The predicted molar refractivity (Wildman–Crippen MR) is 113 cm³/mol. The molecular weight excluding hydrogens is 421 g/mol. The van der Waals surface area contributed by atoms with E-state index < -0.39 is 34.6 Å². The van der Waals surface area contributed by atoms with Gasteiger partial charge < -0.3 is 0 Å². The maximum Gasteiger partial charge on any atom is 0.195 e. The zero-order valence-corrected chi connectivity index (χ0v) is 16.9. The van der Waals surface area contributed by atoms with Crippen molar-refractivity contribution < 1.29 is 22.0 Å². The summed E-state index contributed by atoms with van der Waals surface area (Å²) < 4.78 is 69.6. The Morgan fingerprint density at radius 3 is 2.19 bits per heavy atom. The third kappa shape index (κ3) is 4.47. The Morgan fingerprint density at radius 2 is 1.50 bits per heavy atom. The first-order valence-corrected chi connectivity index (χ1v) is 9.80. The minimum atomic E-state index is -1.56. The summed E-state index contributed by atoms with van der Waals surface area (Å²) in [5.41, 5.74) is 2.20. The second-order valence-corrected chi connectivity index (χ2v) is 7.43. The average Bonchev–Trinajstić information content (AvgIpc) is 2.76. The number of benzene rings is 3. The van der Waals surface area contributed by atoms with Gasteiger partial charge in [0.15, 0.2) is 17.5 Å². The van der Waals surface area contributed by atoms with Crippen molar-refractivity contribution in [1.82, 2.24) is 4.98 Å². The fraction of sp³-hybridized carbons (Fsp3) is 0.115. The molecule has 0 aliphatic heterocycles. The van der Waals surface area contributed by atoms with Crippen LogP contribution in [0.3, 0.4) is 0 Å². The molecule has 4 rings (SSSR count). The molecule has 0 fully saturated rings. The summed E-state index contributed by atoms with van der Waals surface area (Å²) in [5, 5.41) is -0.0200. The molecule has 32 heavy (non-hydrogen) atoms. The van der Waals surface area contributed by atoms with Crippen LogP contribution in [0.25, 0.3) is 10.8 Å². The standard InChI is InChI=1S/C26H16F5N/c1-15-2-6-19(32-14-15)7-3-17-11-22(27)21(23(28)12-17)9-5-16-4-8-20-18(10-16)13-24(29)26(31)25(20)30/h2,4,6,8,10-14H,3,7H2,1H3. The van der Waals surface area contributed by atoms with Crippen molar-refractivity contribution in [3.05, 3.63) is 112 Å². The monoisotopic (exact) mass is 437 g/mol. The first-order chi connectivity index (χ1) is 15.3. The number of pyridine rings is 1. The van der Waals surface area contributed by atoms with Gasteiger partial charge >= 0.3 is 0 Å². The molecular formula is C26H16F5N. The van der Waals surface area contributed by atoms with Crippen molar-refractivity contribution in [2.24, 2.45) is 0 Å². The van der Waals surface area contributed by atoms with E-state index in [4.69, 9.17) is 0 Å². The van der Waals surface area contributed by atoms with Crippen molar-refractivity contribution in [1.29, 1.82) is 0 Å². The van der Waals surface area contributed by atoms with Gasteiger partial charge in [0.05, 0.1) is 5.56 Å². The summed E-state index contributed by atoms with van der Waals surface area (Å²) in [7, 11) is 0. The van der Waals surface area contributed by atoms with E-state index in [0.717, 1.165) is 17.3 Å². The van der Waals surface area contributed by atoms with E-state index in [-0.39, 0.29) is 16.3 Å². The summed E-state index contributed by atoms with van der Waals surface area (Å²) in [6.45, 7) is 1.93. The van der Waals surface area contributed by atoms with Crippen LogP contribution in [0.15, 0.2) is 54.7 Å².